The summed E-state index contributed by atoms with van der Waals surface area (Å²) in [4.78, 5) is 3.94. The monoisotopic (exact) mass is 272 g/mol. The van der Waals surface area contributed by atoms with Gasteiger partial charge < -0.3 is 5.73 Å². The van der Waals surface area contributed by atoms with Crippen molar-refractivity contribution >= 4 is 0 Å². The minimum atomic E-state index is -4.04. The highest BCUT2D eigenvalue weighted by atomic mass is 19.4. The maximum atomic E-state index is 12.6. The summed E-state index contributed by atoms with van der Waals surface area (Å²) in [7, 11) is 0. The Bertz CT molecular complexity index is 383. The maximum absolute atomic E-state index is 12.6. The van der Waals surface area contributed by atoms with Gasteiger partial charge in [-0.15, -0.1) is 0 Å². The molecular weight excluding hydrogens is 253 g/mol. The lowest BCUT2D eigenvalue weighted by molar-refractivity contribution is -0.184. The Hall–Kier alpha value is -1.10. The van der Waals surface area contributed by atoms with Crippen LogP contribution < -0.4 is 5.73 Å². The molecule has 1 aliphatic carbocycles. The second kappa shape index (κ2) is 5.90. The Labute approximate surface area is 111 Å². The van der Waals surface area contributed by atoms with E-state index in [1.165, 1.54) is 0 Å². The predicted octanol–water partition coefficient (Wildman–Crippen LogP) is 3.32. The molecular formula is C14H19F3N2. The fourth-order valence-corrected chi connectivity index (χ4v) is 2.83. The average Bonchev–Trinajstić information content (AvgIpc) is 2.39. The van der Waals surface area contributed by atoms with E-state index in [0.717, 1.165) is 5.56 Å². The van der Waals surface area contributed by atoms with Crippen LogP contribution in [0.1, 0.15) is 31.2 Å². The molecule has 0 radical (unpaired) electrons. The van der Waals surface area contributed by atoms with Gasteiger partial charge in [0.1, 0.15) is 0 Å². The van der Waals surface area contributed by atoms with Crippen molar-refractivity contribution in [3.63, 3.8) is 0 Å². The normalized spacial score (nSPS) is 26.1. The van der Waals surface area contributed by atoms with Gasteiger partial charge in [0.25, 0.3) is 0 Å². The van der Waals surface area contributed by atoms with Crippen molar-refractivity contribution in [3.8, 4) is 0 Å². The Morgan fingerprint density at radius 3 is 2.26 bits per heavy atom. The average molecular weight is 272 g/mol. The number of alkyl halides is 3. The second-order valence-corrected chi connectivity index (χ2v) is 5.38. The van der Waals surface area contributed by atoms with E-state index < -0.39 is 12.1 Å². The van der Waals surface area contributed by atoms with Gasteiger partial charge in [0.05, 0.1) is 5.92 Å². The number of nitrogens with two attached hydrogens (primary N) is 1. The van der Waals surface area contributed by atoms with Crippen molar-refractivity contribution in [2.45, 2.75) is 44.3 Å². The zero-order chi connectivity index (χ0) is 13.9. The van der Waals surface area contributed by atoms with Crippen molar-refractivity contribution in [1.82, 2.24) is 4.98 Å². The quantitative estimate of drug-likeness (QED) is 0.916. The largest absolute Gasteiger partial charge is 0.391 e. The van der Waals surface area contributed by atoms with Crippen molar-refractivity contribution < 1.29 is 13.2 Å². The standard InChI is InChI=1S/C14H19F3N2/c15-14(16,17)12-3-1-11(2-4-12)13(18)9-10-5-7-19-8-6-10/h5-8,11-13H,1-4,9,18H2. The number of halogens is 3. The van der Waals surface area contributed by atoms with Gasteiger partial charge in [-0.1, -0.05) is 0 Å². The number of rotatable bonds is 3. The molecule has 1 heterocycles. The van der Waals surface area contributed by atoms with E-state index in [1.54, 1.807) is 12.4 Å². The molecule has 0 bridgehead atoms. The van der Waals surface area contributed by atoms with Gasteiger partial charge in [-0.2, -0.15) is 13.2 Å². The lowest BCUT2D eigenvalue weighted by Crippen LogP contribution is -2.37. The molecule has 1 atom stereocenters. The van der Waals surface area contributed by atoms with Crippen molar-refractivity contribution in [3.05, 3.63) is 30.1 Å². The van der Waals surface area contributed by atoms with Crippen LogP contribution in [0.4, 0.5) is 13.2 Å². The number of hydrogen-bond acceptors (Lipinski definition) is 2. The molecule has 1 saturated carbocycles. The summed E-state index contributed by atoms with van der Waals surface area (Å²) in [6.07, 6.45) is 1.69. The highest BCUT2D eigenvalue weighted by Crippen LogP contribution is 2.40. The topological polar surface area (TPSA) is 38.9 Å². The molecule has 1 unspecified atom stereocenters. The molecule has 0 aliphatic heterocycles. The fourth-order valence-electron chi connectivity index (χ4n) is 2.83. The number of hydrogen-bond donors (Lipinski definition) is 1. The van der Waals surface area contributed by atoms with Crippen LogP contribution in [0.25, 0.3) is 0 Å². The molecule has 1 aliphatic rings. The van der Waals surface area contributed by atoms with Gasteiger partial charge in [-0.25, -0.2) is 0 Å². The smallest absolute Gasteiger partial charge is 0.327 e. The van der Waals surface area contributed by atoms with Crippen LogP contribution in [-0.2, 0) is 6.42 Å². The van der Waals surface area contributed by atoms with Crippen molar-refractivity contribution in [1.29, 1.82) is 0 Å². The van der Waals surface area contributed by atoms with Crippen LogP contribution in [0.5, 0.6) is 0 Å². The summed E-state index contributed by atoms with van der Waals surface area (Å²) in [6.45, 7) is 0. The first-order valence-electron chi connectivity index (χ1n) is 6.68. The molecule has 0 aromatic carbocycles. The molecule has 2 rings (SSSR count). The van der Waals surface area contributed by atoms with Crippen LogP contribution in [0.3, 0.4) is 0 Å². The molecule has 0 saturated heterocycles. The maximum Gasteiger partial charge on any atom is 0.391 e. The van der Waals surface area contributed by atoms with Crippen LogP contribution in [0.2, 0.25) is 0 Å². The zero-order valence-electron chi connectivity index (χ0n) is 10.7. The SMILES string of the molecule is NC(Cc1ccncc1)C1CCC(C(F)(F)F)CC1. The molecule has 0 spiro atoms. The molecule has 2 N–H and O–H groups in total. The van der Waals surface area contributed by atoms with Crippen molar-refractivity contribution in [2.24, 2.45) is 17.6 Å². The van der Waals surface area contributed by atoms with Gasteiger partial charge in [-0.05, 0) is 55.7 Å². The Balaban J connectivity index is 1.84. The Kier molecular flexibility index (Phi) is 4.45. The molecule has 2 nitrogen and oxygen atoms in total. The van der Waals surface area contributed by atoms with Crippen LogP contribution >= 0.6 is 0 Å². The van der Waals surface area contributed by atoms with E-state index >= 15 is 0 Å². The molecule has 1 aromatic heterocycles. The predicted molar refractivity (Wildman–Crippen MR) is 67.4 cm³/mol. The lowest BCUT2D eigenvalue weighted by Gasteiger charge is -2.33. The van der Waals surface area contributed by atoms with E-state index in [9.17, 15) is 13.2 Å². The van der Waals surface area contributed by atoms with E-state index in [0.29, 0.717) is 19.3 Å². The molecule has 19 heavy (non-hydrogen) atoms. The first-order valence-corrected chi connectivity index (χ1v) is 6.68. The van der Waals surface area contributed by atoms with Crippen LogP contribution in [0.15, 0.2) is 24.5 Å². The van der Waals surface area contributed by atoms with Crippen LogP contribution in [-0.4, -0.2) is 17.2 Å². The highest BCUT2D eigenvalue weighted by Gasteiger charge is 2.42. The zero-order valence-corrected chi connectivity index (χ0v) is 10.7. The van der Waals surface area contributed by atoms with Gasteiger partial charge in [0.15, 0.2) is 0 Å². The lowest BCUT2D eigenvalue weighted by atomic mass is 9.77. The molecule has 1 fully saturated rings. The van der Waals surface area contributed by atoms with Gasteiger partial charge in [0, 0.05) is 18.4 Å². The first-order chi connectivity index (χ1) is 8.97. The molecule has 106 valence electrons. The minimum absolute atomic E-state index is 0.0587. The van der Waals surface area contributed by atoms with Gasteiger partial charge >= 0.3 is 6.18 Å². The number of pyridine rings is 1. The third kappa shape index (κ3) is 3.93. The number of aromatic nitrogens is 1. The minimum Gasteiger partial charge on any atom is -0.327 e. The third-order valence-electron chi connectivity index (χ3n) is 4.06. The summed E-state index contributed by atoms with van der Waals surface area (Å²) >= 11 is 0. The third-order valence-corrected chi connectivity index (χ3v) is 4.06. The highest BCUT2D eigenvalue weighted by molar-refractivity contribution is 5.11. The van der Waals surface area contributed by atoms with E-state index in [4.69, 9.17) is 5.73 Å². The van der Waals surface area contributed by atoms with Gasteiger partial charge in [0.2, 0.25) is 0 Å². The summed E-state index contributed by atoms with van der Waals surface area (Å²) in [6, 6.07) is 3.75. The van der Waals surface area contributed by atoms with Gasteiger partial charge in [-0.3, -0.25) is 4.98 Å². The van der Waals surface area contributed by atoms with E-state index in [2.05, 4.69) is 4.98 Å². The number of nitrogens with zero attached hydrogens (tertiary/aromatic N) is 1. The van der Waals surface area contributed by atoms with Crippen LogP contribution in [0, 0.1) is 11.8 Å². The molecule has 5 heteroatoms. The van der Waals surface area contributed by atoms with E-state index in [-0.39, 0.29) is 24.8 Å². The molecule has 1 aromatic rings. The Morgan fingerprint density at radius 1 is 1.16 bits per heavy atom. The Morgan fingerprint density at radius 2 is 1.74 bits per heavy atom. The summed E-state index contributed by atoms with van der Waals surface area (Å²) < 4.78 is 37.7. The summed E-state index contributed by atoms with van der Waals surface area (Å²) in [5.41, 5.74) is 7.23. The van der Waals surface area contributed by atoms with Crippen molar-refractivity contribution in [2.75, 3.05) is 0 Å². The second-order valence-electron chi connectivity index (χ2n) is 5.38. The fraction of sp³-hybridized carbons (Fsp3) is 0.643. The summed E-state index contributed by atoms with van der Waals surface area (Å²) in [5.74, 6) is -0.927. The van der Waals surface area contributed by atoms with E-state index in [1.807, 2.05) is 12.1 Å². The first kappa shape index (κ1) is 14.3. The molecule has 0 amide bonds. The summed E-state index contributed by atoms with van der Waals surface area (Å²) in [5, 5.41) is 0.